The van der Waals surface area contributed by atoms with E-state index in [1.807, 2.05) is 20.0 Å². The van der Waals surface area contributed by atoms with Gasteiger partial charge in [0, 0.05) is 17.1 Å². The van der Waals surface area contributed by atoms with E-state index in [-0.39, 0.29) is 0 Å². The molecule has 0 amide bonds. The fourth-order valence-corrected chi connectivity index (χ4v) is 2.25. The number of nitrogens with zero attached hydrogens (tertiary/aromatic N) is 3. The number of hydrogen-bond acceptors (Lipinski definition) is 5. The lowest BCUT2D eigenvalue weighted by Gasteiger charge is -2.04. The average Bonchev–Trinajstić information content (AvgIpc) is 2.60. The Morgan fingerprint density at radius 2 is 2.19 bits per heavy atom. The molecule has 1 N–H and O–H groups in total. The Morgan fingerprint density at radius 1 is 1.38 bits per heavy atom. The molecule has 2 rings (SSSR count). The van der Waals surface area contributed by atoms with Gasteiger partial charge < -0.3 is 5.32 Å². The molecule has 0 aliphatic rings. The van der Waals surface area contributed by atoms with Crippen LogP contribution in [0.4, 0.5) is 5.82 Å². The minimum absolute atomic E-state index is 0.454. The average molecular weight is 255 g/mol. The summed E-state index contributed by atoms with van der Waals surface area (Å²) in [7, 11) is 0. The van der Waals surface area contributed by atoms with Gasteiger partial charge in [0.2, 0.25) is 0 Å². The summed E-state index contributed by atoms with van der Waals surface area (Å²) in [6.45, 7) is 4.51. The van der Waals surface area contributed by atoms with Crippen molar-refractivity contribution in [3.8, 4) is 0 Å². The van der Waals surface area contributed by atoms with Gasteiger partial charge >= 0.3 is 0 Å². The van der Waals surface area contributed by atoms with E-state index in [1.165, 1.54) is 4.88 Å². The maximum atomic E-state index is 5.84. The number of thiazole rings is 1. The molecule has 6 heteroatoms. The smallest absolute Gasteiger partial charge is 0.134 e. The molecule has 0 aliphatic carbocycles. The predicted molar refractivity (Wildman–Crippen MR) is 66.0 cm³/mol. The second-order valence-corrected chi connectivity index (χ2v) is 5.03. The first-order valence-corrected chi connectivity index (χ1v) is 5.99. The number of hydrogen-bond donors (Lipinski definition) is 1. The molecule has 0 saturated heterocycles. The number of halogens is 1. The molecule has 0 bridgehead atoms. The van der Waals surface area contributed by atoms with Crippen LogP contribution in [-0.2, 0) is 6.54 Å². The highest BCUT2D eigenvalue weighted by molar-refractivity contribution is 7.11. The lowest BCUT2D eigenvalue weighted by atomic mass is 10.5. The summed E-state index contributed by atoms with van der Waals surface area (Å²) in [5.41, 5.74) is 0. The number of nitrogens with one attached hydrogen (secondary N) is 1. The van der Waals surface area contributed by atoms with Gasteiger partial charge in [-0.15, -0.1) is 11.3 Å². The van der Waals surface area contributed by atoms with E-state index in [9.17, 15) is 0 Å². The molecule has 0 radical (unpaired) electrons. The molecule has 2 heterocycles. The fourth-order valence-electron chi connectivity index (χ4n) is 1.29. The number of aromatic nitrogens is 3. The van der Waals surface area contributed by atoms with E-state index in [2.05, 4.69) is 20.3 Å². The molecule has 2 aromatic heterocycles. The zero-order valence-electron chi connectivity index (χ0n) is 8.99. The van der Waals surface area contributed by atoms with Crippen molar-refractivity contribution in [1.82, 2.24) is 15.0 Å². The molecule has 0 aliphatic heterocycles. The Labute approximate surface area is 103 Å². The summed E-state index contributed by atoms with van der Waals surface area (Å²) in [6, 6.07) is 1.71. The first kappa shape index (κ1) is 11.3. The van der Waals surface area contributed by atoms with Gasteiger partial charge in [-0.3, -0.25) is 0 Å². The zero-order chi connectivity index (χ0) is 11.5. The Bertz CT molecular complexity index is 477. The van der Waals surface area contributed by atoms with E-state index >= 15 is 0 Å². The van der Waals surface area contributed by atoms with Crippen LogP contribution >= 0.6 is 22.9 Å². The Balaban J connectivity index is 2.04. The SMILES string of the molecule is Cc1nc(Cl)cc(NCc2cnc(C)s2)n1. The summed E-state index contributed by atoms with van der Waals surface area (Å²) in [5.74, 6) is 1.40. The van der Waals surface area contributed by atoms with Crippen molar-refractivity contribution in [2.45, 2.75) is 20.4 Å². The van der Waals surface area contributed by atoms with Crippen molar-refractivity contribution in [2.24, 2.45) is 0 Å². The van der Waals surface area contributed by atoms with Crippen LogP contribution in [0, 0.1) is 13.8 Å². The molecule has 0 aromatic carbocycles. The lowest BCUT2D eigenvalue weighted by Crippen LogP contribution is -2.01. The van der Waals surface area contributed by atoms with E-state index < -0.39 is 0 Å². The van der Waals surface area contributed by atoms with Crippen LogP contribution < -0.4 is 5.32 Å². The third-order valence-corrected chi connectivity index (χ3v) is 3.03. The van der Waals surface area contributed by atoms with Crippen LogP contribution in [0.25, 0.3) is 0 Å². The Hall–Kier alpha value is -1.20. The van der Waals surface area contributed by atoms with Gasteiger partial charge in [-0.1, -0.05) is 11.6 Å². The molecule has 0 unspecified atom stereocenters. The van der Waals surface area contributed by atoms with Gasteiger partial charge in [-0.05, 0) is 13.8 Å². The highest BCUT2D eigenvalue weighted by atomic mass is 35.5. The maximum absolute atomic E-state index is 5.84. The van der Waals surface area contributed by atoms with E-state index in [1.54, 1.807) is 17.4 Å². The van der Waals surface area contributed by atoms with Crippen LogP contribution in [0.1, 0.15) is 15.7 Å². The largest absolute Gasteiger partial charge is 0.365 e. The topological polar surface area (TPSA) is 50.7 Å². The molecule has 0 atom stereocenters. The van der Waals surface area contributed by atoms with E-state index in [0.29, 0.717) is 17.5 Å². The van der Waals surface area contributed by atoms with E-state index in [4.69, 9.17) is 11.6 Å². The molecular weight excluding hydrogens is 244 g/mol. The first-order valence-electron chi connectivity index (χ1n) is 4.80. The fraction of sp³-hybridized carbons (Fsp3) is 0.300. The quantitative estimate of drug-likeness (QED) is 0.856. The van der Waals surface area contributed by atoms with Gasteiger partial charge in [0.05, 0.1) is 11.6 Å². The van der Waals surface area contributed by atoms with Crippen molar-refractivity contribution in [3.63, 3.8) is 0 Å². The zero-order valence-corrected chi connectivity index (χ0v) is 10.6. The Kier molecular flexibility index (Phi) is 3.36. The molecule has 4 nitrogen and oxygen atoms in total. The monoisotopic (exact) mass is 254 g/mol. The molecule has 2 aromatic rings. The van der Waals surface area contributed by atoms with Gasteiger partial charge in [0.25, 0.3) is 0 Å². The molecule has 0 saturated carbocycles. The summed E-state index contributed by atoms with van der Waals surface area (Å²) in [6.07, 6.45) is 1.86. The number of aryl methyl sites for hydroxylation is 2. The molecule has 0 fully saturated rings. The third-order valence-electron chi connectivity index (χ3n) is 1.92. The van der Waals surface area contributed by atoms with Crippen molar-refractivity contribution in [1.29, 1.82) is 0 Å². The lowest BCUT2D eigenvalue weighted by molar-refractivity contribution is 1.03. The normalized spacial score (nSPS) is 10.4. The molecular formula is C10H11ClN4S. The highest BCUT2D eigenvalue weighted by Gasteiger charge is 2.01. The number of rotatable bonds is 3. The summed E-state index contributed by atoms with van der Waals surface area (Å²) in [4.78, 5) is 13.6. The second-order valence-electron chi connectivity index (χ2n) is 3.32. The van der Waals surface area contributed by atoms with Gasteiger partial charge in [-0.2, -0.15) is 0 Å². The molecule has 16 heavy (non-hydrogen) atoms. The standard InChI is InChI=1S/C10H11ClN4S/c1-6-14-9(11)3-10(15-6)13-5-8-4-12-7(2)16-8/h3-4H,5H2,1-2H3,(H,13,14,15). The minimum Gasteiger partial charge on any atom is -0.365 e. The molecule has 84 valence electrons. The predicted octanol–water partition coefficient (Wildman–Crippen LogP) is 2.82. The van der Waals surface area contributed by atoms with Crippen LogP contribution in [-0.4, -0.2) is 15.0 Å². The number of anilines is 1. The highest BCUT2D eigenvalue weighted by Crippen LogP contribution is 2.15. The summed E-state index contributed by atoms with van der Waals surface area (Å²) >= 11 is 7.50. The van der Waals surface area contributed by atoms with Gasteiger partial charge in [0.1, 0.15) is 16.8 Å². The summed E-state index contributed by atoms with van der Waals surface area (Å²) in [5, 5.41) is 4.71. The van der Waals surface area contributed by atoms with Crippen LogP contribution in [0.2, 0.25) is 5.15 Å². The second kappa shape index (κ2) is 4.76. The Morgan fingerprint density at radius 3 is 2.81 bits per heavy atom. The summed E-state index contributed by atoms with van der Waals surface area (Å²) < 4.78 is 0. The van der Waals surface area contributed by atoms with Crippen molar-refractivity contribution < 1.29 is 0 Å². The van der Waals surface area contributed by atoms with Crippen LogP contribution in [0.3, 0.4) is 0 Å². The van der Waals surface area contributed by atoms with Crippen molar-refractivity contribution >= 4 is 28.8 Å². The van der Waals surface area contributed by atoms with Crippen LogP contribution in [0.5, 0.6) is 0 Å². The third kappa shape index (κ3) is 2.90. The van der Waals surface area contributed by atoms with Crippen LogP contribution in [0.15, 0.2) is 12.3 Å². The first-order chi connectivity index (χ1) is 7.63. The minimum atomic E-state index is 0.454. The molecule has 0 spiro atoms. The van der Waals surface area contributed by atoms with Gasteiger partial charge in [-0.25, -0.2) is 15.0 Å². The van der Waals surface area contributed by atoms with E-state index in [0.717, 1.165) is 10.8 Å². The maximum Gasteiger partial charge on any atom is 0.134 e. The van der Waals surface area contributed by atoms with Crippen molar-refractivity contribution in [3.05, 3.63) is 33.1 Å². The van der Waals surface area contributed by atoms with Gasteiger partial charge in [0.15, 0.2) is 0 Å². The van der Waals surface area contributed by atoms with Crippen molar-refractivity contribution in [2.75, 3.05) is 5.32 Å².